The molecule has 0 aliphatic rings. The molecule has 0 saturated carbocycles. The van der Waals surface area contributed by atoms with E-state index in [1.54, 1.807) is 0 Å². The van der Waals surface area contributed by atoms with Crippen molar-refractivity contribution in [3.63, 3.8) is 0 Å². The molecular formula is C27H25F3N2O2. The Kier molecular flexibility index (Phi) is 8.62. The van der Waals surface area contributed by atoms with Gasteiger partial charge in [0, 0.05) is 13.1 Å². The number of rotatable bonds is 9. The van der Waals surface area contributed by atoms with Crippen molar-refractivity contribution in [3.05, 3.63) is 113 Å². The smallest absolute Gasteiger partial charge is 0.352 e. The molecule has 0 saturated heterocycles. The molecule has 0 fully saturated rings. The highest BCUT2D eigenvalue weighted by Crippen LogP contribution is 2.29. The number of hydrogen-bond donors (Lipinski definition) is 2. The summed E-state index contributed by atoms with van der Waals surface area (Å²) >= 11 is 0. The normalized spacial score (nSPS) is 10.9. The van der Waals surface area contributed by atoms with E-state index in [2.05, 4.69) is 10.6 Å². The van der Waals surface area contributed by atoms with Crippen molar-refractivity contribution in [2.75, 3.05) is 13.1 Å². The van der Waals surface area contributed by atoms with E-state index in [9.17, 15) is 22.8 Å². The van der Waals surface area contributed by atoms with Crippen LogP contribution in [0.15, 0.2) is 90.5 Å². The van der Waals surface area contributed by atoms with Gasteiger partial charge in [-0.25, -0.2) is 0 Å². The van der Waals surface area contributed by atoms with Crippen LogP contribution in [0.2, 0.25) is 0 Å². The van der Waals surface area contributed by atoms with Gasteiger partial charge in [-0.3, -0.25) is 9.59 Å². The van der Waals surface area contributed by atoms with Crippen molar-refractivity contribution in [1.82, 2.24) is 10.6 Å². The third kappa shape index (κ3) is 7.62. The third-order valence-corrected chi connectivity index (χ3v) is 5.12. The molecule has 0 radical (unpaired) electrons. The third-order valence-electron chi connectivity index (χ3n) is 5.12. The molecule has 34 heavy (non-hydrogen) atoms. The van der Waals surface area contributed by atoms with E-state index in [4.69, 9.17) is 0 Å². The number of carbonyl (C=O) groups excluding carboxylic acids is 2. The second-order valence-electron chi connectivity index (χ2n) is 7.66. The average molecular weight is 467 g/mol. The van der Waals surface area contributed by atoms with E-state index in [1.807, 2.05) is 60.7 Å². The molecule has 4 nitrogen and oxygen atoms in total. The van der Waals surface area contributed by atoms with Crippen LogP contribution in [-0.4, -0.2) is 24.9 Å². The van der Waals surface area contributed by atoms with Crippen molar-refractivity contribution in [2.45, 2.75) is 19.0 Å². The number of carbonyl (C=O) groups is 2. The second-order valence-corrected chi connectivity index (χ2v) is 7.66. The minimum Gasteiger partial charge on any atom is -0.352 e. The van der Waals surface area contributed by atoms with Crippen LogP contribution < -0.4 is 10.6 Å². The molecule has 2 amide bonds. The van der Waals surface area contributed by atoms with Crippen LogP contribution in [0.1, 0.15) is 22.3 Å². The van der Waals surface area contributed by atoms with Gasteiger partial charge in [0.15, 0.2) is 0 Å². The molecular weight excluding hydrogens is 441 g/mol. The van der Waals surface area contributed by atoms with E-state index >= 15 is 0 Å². The molecule has 0 spiro atoms. The molecule has 0 unspecified atom stereocenters. The van der Waals surface area contributed by atoms with Crippen molar-refractivity contribution < 1.29 is 22.8 Å². The maximum absolute atomic E-state index is 12.9. The molecule has 0 aliphatic carbocycles. The minimum atomic E-state index is -4.46. The zero-order chi connectivity index (χ0) is 24.4. The van der Waals surface area contributed by atoms with Crippen LogP contribution in [0, 0.1) is 0 Å². The maximum atomic E-state index is 12.9. The number of amides is 2. The molecule has 0 atom stereocenters. The Balaban J connectivity index is 1.70. The summed E-state index contributed by atoms with van der Waals surface area (Å²) in [5.74, 6) is -1.18. The average Bonchev–Trinajstić information content (AvgIpc) is 2.83. The Morgan fingerprint density at radius 2 is 1.12 bits per heavy atom. The van der Waals surface area contributed by atoms with Crippen LogP contribution in [-0.2, 0) is 28.6 Å². The first-order valence-corrected chi connectivity index (χ1v) is 10.9. The Labute approximate surface area is 196 Å². The largest absolute Gasteiger partial charge is 0.416 e. The van der Waals surface area contributed by atoms with E-state index in [0.29, 0.717) is 31.5 Å². The lowest BCUT2D eigenvalue weighted by atomic mass is 10.1. The van der Waals surface area contributed by atoms with E-state index in [1.165, 1.54) is 18.2 Å². The van der Waals surface area contributed by atoms with Gasteiger partial charge in [-0.15, -0.1) is 0 Å². The van der Waals surface area contributed by atoms with Crippen LogP contribution >= 0.6 is 0 Å². The number of halogens is 3. The van der Waals surface area contributed by atoms with Gasteiger partial charge in [0.05, 0.1) is 5.56 Å². The second kappa shape index (κ2) is 11.8. The summed E-state index contributed by atoms with van der Waals surface area (Å²) in [5.41, 5.74) is 1.41. The van der Waals surface area contributed by atoms with Gasteiger partial charge < -0.3 is 10.6 Å². The molecule has 3 aromatic carbocycles. The number of benzene rings is 3. The quantitative estimate of drug-likeness (QED) is 0.270. The van der Waals surface area contributed by atoms with Gasteiger partial charge in [0.25, 0.3) is 11.8 Å². The summed E-state index contributed by atoms with van der Waals surface area (Å²) < 4.78 is 38.6. The molecule has 2 N–H and O–H groups in total. The van der Waals surface area contributed by atoms with E-state index < -0.39 is 23.6 Å². The zero-order valence-electron chi connectivity index (χ0n) is 18.4. The predicted octanol–water partition coefficient (Wildman–Crippen LogP) is 4.81. The van der Waals surface area contributed by atoms with E-state index in [-0.39, 0.29) is 5.57 Å². The van der Waals surface area contributed by atoms with Crippen LogP contribution in [0.25, 0.3) is 6.08 Å². The Morgan fingerprint density at radius 1 is 0.676 bits per heavy atom. The first-order chi connectivity index (χ1) is 16.3. The van der Waals surface area contributed by atoms with Gasteiger partial charge in [0.1, 0.15) is 5.57 Å². The van der Waals surface area contributed by atoms with Gasteiger partial charge in [0.2, 0.25) is 0 Å². The summed E-state index contributed by atoms with van der Waals surface area (Å²) in [7, 11) is 0. The van der Waals surface area contributed by atoms with Gasteiger partial charge in [-0.1, -0.05) is 72.8 Å². The lowest BCUT2D eigenvalue weighted by Crippen LogP contribution is -2.36. The van der Waals surface area contributed by atoms with Crippen LogP contribution in [0.5, 0.6) is 0 Å². The minimum absolute atomic E-state index is 0.166. The lowest BCUT2D eigenvalue weighted by Gasteiger charge is -2.11. The summed E-state index contributed by atoms with van der Waals surface area (Å²) in [6.07, 6.45) is -2.00. The molecule has 3 rings (SSSR count). The number of alkyl halides is 3. The fourth-order valence-electron chi connectivity index (χ4n) is 3.29. The topological polar surface area (TPSA) is 58.2 Å². The highest BCUT2D eigenvalue weighted by molar-refractivity contribution is 6.21. The first-order valence-electron chi connectivity index (χ1n) is 10.9. The van der Waals surface area contributed by atoms with Crippen LogP contribution in [0.4, 0.5) is 13.2 Å². The molecule has 0 heterocycles. The molecule has 0 bridgehead atoms. The van der Waals surface area contributed by atoms with Gasteiger partial charge >= 0.3 is 6.18 Å². The molecule has 176 valence electrons. The maximum Gasteiger partial charge on any atom is 0.416 e. The molecule has 0 aliphatic heterocycles. The highest BCUT2D eigenvalue weighted by atomic mass is 19.4. The Hall–Kier alpha value is -3.87. The van der Waals surface area contributed by atoms with Crippen molar-refractivity contribution in [3.8, 4) is 0 Å². The highest BCUT2D eigenvalue weighted by Gasteiger charge is 2.30. The van der Waals surface area contributed by atoms with Crippen molar-refractivity contribution >= 4 is 17.9 Å². The predicted molar refractivity (Wildman–Crippen MR) is 126 cm³/mol. The number of hydrogen-bond acceptors (Lipinski definition) is 2. The van der Waals surface area contributed by atoms with Crippen molar-refractivity contribution in [2.24, 2.45) is 0 Å². The monoisotopic (exact) mass is 466 g/mol. The molecule has 7 heteroatoms. The fourth-order valence-corrected chi connectivity index (χ4v) is 3.29. The molecule has 0 aromatic heterocycles. The Bertz CT molecular complexity index is 1050. The molecule has 3 aromatic rings. The van der Waals surface area contributed by atoms with Crippen LogP contribution in [0.3, 0.4) is 0 Å². The lowest BCUT2D eigenvalue weighted by molar-refractivity contribution is -0.137. The van der Waals surface area contributed by atoms with E-state index in [0.717, 1.165) is 23.3 Å². The summed E-state index contributed by atoms with van der Waals surface area (Å²) in [6.45, 7) is 0.620. The zero-order valence-corrected chi connectivity index (χ0v) is 18.4. The van der Waals surface area contributed by atoms with Gasteiger partial charge in [-0.2, -0.15) is 13.2 Å². The summed E-state index contributed by atoms with van der Waals surface area (Å²) in [6, 6.07) is 23.4. The summed E-state index contributed by atoms with van der Waals surface area (Å²) in [4.78, 5) is 25.6. The SMILES string of the molecule is O=C(NCCc1ccccc1)C(=Cc1ccc(C(F)(F)F)cc1)C(=O)NCCc1ccccc1. The number of nitrogens with one attached hydrogen (secondary N) is 2. The van der Waals surface area contributed by atoms with Crippen molar-refractivity contribution in [1.29, 1.82) is 0 Å². The first kappa shape index (κ1) is 24.8. The van der Waals surface area contributed by atoms with Gasteiger partial charge in [-0.05, 0) is 47.7 Å². The fraction of sp³-hybridized carbons (Fsp3) is 0.185. The standard InChI is InChI=1S/C27H25F3N2O2/c28-27(29,30)23-13-11-22(12-14-23)19-24(25(33)31-17-15-20-7-3-1-4-8-20)26(34)32-18-16-21-9-5-2-6-10-21/h1-14,19H,15-18H2,(H,31,33)(H,32,34). The summed E-state index contributed by atoms with van der Waals surface area (Å²) in [5, 5.41) is 5.46. The Morgan fingerprint density at radius 3 is 1.53 bits per heavy atom.